The Morgan fingerprint density at radius 3 is 2.38 bits per heavy atom. The van der Waals surface area contributed by atoms with Gasteiger partial charge in [0.05, 0.1) is 5.56 Å². The van der Waals surface area contributed by atoms with E-state index in [1.165, 1.54) is 6.08 Å². The van der Waals surface area contributed by atoms with Gasteiger partial charge >= 0.3 is 5.97 Å². The minimum atomic E-state index is -0.358. The molecule has 0 spiro atoms. The molecule has 1 amide bonds. The van der Waals surface area contributed by atoms with Crippen molar-refractivity contribution in [2.24, 2.45) is 0 Å². The van der Waals surface area contributed by atoms with Crippen LogP contribution in [0.25, 0.3) is 0 Å². The van der Waals surface area contributed by atoms with Crippen LogP contribution in [0.3, 0.4) is 0 Å². The van der Waals surface area contributed by atoms with Gasteiger partial charge in [-0.15, -0.1) is 0 Å². The second kappa shape index (κ2) is 8.92. The van der Waals surface area contributed by atoms with Crippen molar-refractivity contribution in [3.63, 3.8) is 0 Å². The van der Waals surface area contributed by atoms with Crippen molar-refractivity contribution in [3.05, 3.63) is 42.5 Å². The summed E-state index contributed by atoms with van der Waals surface area (Å²) in [4.78, 5) is 25.2. The third kappa shape index (κ3) is 5.79. The number of benzene rings is 1. The Balaban J connectivity index is 2.47. The summed E-state index contributed by atoms with van der Waals surface area (Å²) in [5.41, 5.74) is 1.07. The molecule has 0 saturated carbocycles. The number of anilines is 1. The van der Waals surface area contributed by atoms with Crippen LogP contribution in [0, 0.1) is 0 Å². The van der Waals surface area contributed by atoms with Crippen LogP contribution >= 0.6 is 0 Å². The topological polar surface area (TPSA) is 58.6 Å². The third-order valence-electron chi connectivity index (χ3n) is 3.11. The molecule has 1 aromatic carbocycles. The Kier molecular flexibility index (Phi) is 7.18. The molecule has 21 heavy (non-hydrogen) atoms. The van der Waals surface area contributed by atoms with Gasteiger partial charge in [0, 0.05) is 12.2 Å². The molecule has 0 bridgehead atoms. The average Bonchev–Trinajstić information content (AvgIpc) is 2.52. The molecule has 1 N–H and O–H groups in total. The predicted octanol–water partition coefficient (Wildman–Crippen LogP) is 2.31. The first-order chi connectivity index (χ1) is 10.1. The van der Waals surface area contributed by atoms with E-state index in [2.05, 4.69) is 30.6 Å². The van der Waals surface area contributed by atoms with Crippen LogP contribution in [0.4, 0.5) is 5.69 Å². The number of hydrogen-bond donors (Lipinski definition) is 1. The van der Waals surface area contributed by atoms with Gasteiger partial charge in [-0.3, -0.25) is 4.79 Å². The SMILES string of the molecule is C=CC(=O)Nc1ccc(C(=O)OCCN(CC)CC)cc1. The fourth-order valence-corrected chi connectivity index (χ4v) is 1.77. The predicted molar refractivity (Wildman–Crippen MR) is 83.3 cm³/mol. The molecular formula is C16H22N2O3. The summed E-state index contributed by atoms with van der Waals surface area (Å²) in [6, 6.07) is 6.56. The van der Waals surface area contributed by atoms with Crippen LogP contribution in [0.5, 0.6) is 0 Å². The smallest absolute Gasteiger partial charge is 0.338 e. The molecule has 0 atom stereocenters. The number of carbonyl (C=O) groups is 2. The lowest BCUT2D eigenvalue weighted by Gasteiger charge is -2.17. The highest BCUT2D eigenvalue weighted by Gasteiger charge is 2.08. The lowest BCUT2D eigenvalue weighted by molar-refractivity contribution is -0.111. The van der Waals surface area contributed by atoms with E-state index in [0.717, 1.165) is 19.6 Å². The van der Waals surface area contributed by atoms with E-state index in [0.29, 0.717) is 17.9 Å². The van der Waals surface area contributed by atoms with Gasteiger partial charge in [0.2, 0.25) is 5.91 Å². The number of rotatable bonds is 8. The van der Waals surface area contributed by atoms with Gasteiger partial charge in [0.25, 0.3) is 0 Å². The van der Waals surface area contributed by atoms with Gasteiger partial charge in [-0.1, -0.05) is 20.4 Å². The zero-order valence-electron chi connectivity index (χ0n) is 12.6. The summed E-state index contributed by atoms with van der Waals surface area (Å²) in [5.74, 6) is -0.645. The van der Waals surface area contributed by atoms with E-state index in [1.807, 2.05) is 0 Å². The number of esters is 1. The van der Waals surface area contributed by atoms with Crippen molar-refractivity contribution >= 4 is 17.6 Å². The maximum atomic E-state index is 11.8. The van der Waals surface area contributed by atoms with Crippen molar-refractivity contribution in [2.75, 3.05) is 31.6 Å². The van der Waals surface area contributed by atoms with Crippen LogP contribution < -0.4 is 5.32 Å². The van der Waals surface area contributed by atoms with E-state index < -0.39 is 0 Å². The number of amides is 1. The van der Waals surface area contributed by atoms with Crippen molar-refractivity contribution in [1.29, 1.82) is 0 Å². The lowest BCUT2D eigenvalue weighted by atomic mass is 10.2. The molecule has 0 radical (unpaired) electrons. The van der Waals surface area contributed by atoms with Crippen LogP contribution in [-0.2, 0) is 9.53 Å². The summed E-state index contributed by atoms with van der Waals surface area (Å²) in [5, 5.41) is 2.62. The number of hydrogen-bond acceptors (Lipinski definition) is 4. The summed E-state index contributed by atoms with van der Waals surface area (Å²) < 4.78 is 5.22. The van der Waals surface area contributed by atoms with Crippen LogP contribution in [0.15, 0.2) is 36.9 Å². The maximum absolute atomic E-state index is 11.8. The van der Waals surface area contributed by atoms with E-state index in [1.54, 1.807) is 24.3 Å². The van der Waals surface area contributed by atoms with Crippen molar-refractivity contribution in [2.45, 2.75) is 13.8 Å². The van der Waals surface area contributed by atoms with E-state index in [-0.39, 0.29) is 11.9 Å². The van der Waals surface area contributed by atoms with E-state index in [4.69, 9.17) is 4.74 Å². The quantitative estimate of drug-likeness (QED) is 0.589. The molecule has 5 nitrogen and oxygen atoms in total. The number of nitrogens with one attached hydrogen (secondary N) is 1. The van der Waals surface area contributed by atoms with Crippen molar-refractivity contribution < 1.29 is 14.3 Å². The fraction of sp³-hybridized carbons (Fsp3) is 0.375. The monoisotopic (exact) mass is 290 g/mol. The molecule has 5 heteroatoms. The summed E-state index contributed by atoms with van der Waals surface area (Å²) in [7, 11) is 0. The number of ether oxygens (including phenoxy) is 1. The highest BCUT2D eigenvalue weighted by Crippen LogP contribution is 2.10. The van der Waals surface area contributed by atoms with Gasteiger partial charge < -0.3 is 15.0 Å². The number of carbonyl (C=O) groups excluding carboxylic acids is 2. The zero-order valence-corrected chi connectivity index (χ0v) is 12.6. The molecule has 0 aliphatic heterocycles. The van der Waals surface area contributed by atoms with Crippen molar-refractivity contribution in [3.8, 4) is 0 Å². The molecule has 0 aliphatic carbocycles. The normalized spacial score (nSPS) is 10.2. The highest BCUT2D eigenvalue weighted by atomic mass is 16.5. The molecule has 0 fully saturated rings. The number of likely N-dealkylation sites (N-methyl/N-ethyl adjacent to an activating group) is 1. The minimum absolute atomic E-state index is 0.287. The summed E-state index contributed by atoms with van der Waals surface area (Å²) >= 11 is 0. The lowest BCUT2D eigenvalue weighted by Crippen LogP contribution is -2.27. The second-order valence-corrected chi connectivity index (χ2v) is 4.43. The standard InChI is InChI=1S/C16H22N2O3/c1-4-15(19)17-14-9-7-13(8-10-14)16(20)21-12-11-18(5-2)6-3/h4,7-10H,1,5-6,11-12H2,2-3H3,(H,17,19). The molecule has 0 heterocycles. The molecule has 0 saturated heterocycles. The molecular weight excluding hydrogens is 268 g/mol. The molecule has 0 aromatic heterocycles. The van der Waals surface area contributed by atoms with Gasteiger partial charge in [0.1, 0.15) is 6.61 Å². The van der Waals surface area contributed by atoms with Crippen molar-refractivity contribution in [1.82, 2.24) is 4.90 Å². The Morgan fingerprint density at radius 2 is 1.86 bits per heavy atom. The zero-order chi connectivity index (χ0) is 15.7. The largest absolute Gasteiger partial charge is 0.461 e. The third-order valence-corrected chi connectivity index (χ3v) is 3.11. The van der Waals surface area contributed by atoms with Crippen LogP contribution in [0.1, 0.15) is 24.2 Å². The van der Waals surface area contributed by atoms with Gasteiger partial charge in [-0.2, -0.15) is 0 Å². The summed E-state index contributed by atoms with van der Waals surface area (Å²) in [6.07, 6.45) is 1.19. The van der Waals surface area contributed by atoms with Gasteiger partial charge in [-0.05, 0) is 43.4 Å². The Bertz CT molecular complexity index is 479. The van der Waals surface area contributed by atoms with E-state index >= 15 is 0 Å². The Labute approximate surface area is 125 Å². The Morgan fingerprint density at radius 1 is 1.24 bits per heavy atom. The van der Waals surface area contributed by atoms with E-state index in [9.17, 15) is 9.59 Å². The Hall–Kier alpha value is -2.14. The first-order valence-electron chi connectivity index (χ1n) is 7.03. The fourth-order valence-electron chi connectivity index (χ4n) is 1.77. The highest BCUT2D eigenvalue weighted by molar-refractivity contribution is 5.99. The first-order valence-corrected chi connectivity index (χ1v) is 7.03. The van der Waals surface area contributed by atoms with Crippen LogP contribution in [0.2, 0.25) is 0 Å². The second-order valence-electron chi connectivity index (χ2n) is 4.43. The average molecular weight is 290 g/mol. The molecule has 1 rings (SSSR count). The first kappa shape index (κ1) is 16.9. The summed E-state index contributed by atoms with van der Waals surface area (Å²) in [6.45, 7) is 10.5. The van der Waals surface area contributed by atoms with Gasteiger partial charge in [-0.25, -0.2) is 4.79 Å². The minimum Gasteiger partial charge on any atom is -0.461 e. The van der Waals surface area contributed by atoms with Gasteiger partial charge in [0.15, 0.2) is 0 Å². The maximum Gasteiger partial charge on any atom is 0.338 e. The van der Waals surface area contributed by atoms with Crippen LogP contribution in [-0.4, -0.2) is 43.0 Å². The molecule has 1 aromatic rings. The molecule has 114 valence electrons. The number of nitrogens with zero attached hydrogens (tertiary/aromatic N) is 1. The molecule has 0 unspecified atom stereocenters. The molecule has 0 aliphatic rings.